The van der Waals surface area contributed by atoms with E-state index < -0.39 is 0 Å². The van der Waals surface area contributed by atoms with Gasteiger partial charge in [-0.25, -0.2) is 15.0 Å². The molecule has 0 bridgehead atoms. The molecule has 6 heteroatoms. The summed E-state index contributed by atoms with van der Waals surface area (Å²) in [7, 11) is 0. The summed E-state index contributed by atoms with van der Waals surface area (Å²) in [5, 5.41) is 6.16. The molecule has 0 radical (unpaired) electrons. The summed E-state index contributed by atoms with van der Waals surface area (Å²) in [5.41, 5.74) is 13.3. The molecule has 3 atom stereocenters. The minimum atomic E-state index is -0.210. The van der Waals surface area contributed by atoms with Gasteiger partial charge in [-0.05, 0) is 122 Å². The zero-order valence-electron chi connectivity index (χ0n) is 31.4. The van der Waals surface area contributed by atoms with E-state index in [9.17, 15) is 0 Å². The Bertz CT molecular complexity index is 2770. The van der Waals surface area contributed by atoms with Gasteiger partial charge in [-0.3, -0.25) is 0 Å². The first-order valence-electron chi connectivity index (χ1n) is 20.3. The number of rotatable bonds is 6. The number of aromatic nitrogens is 2. The van der Waals surface area contributed by atoms with Crippen molar-refractivity contribution in [2.24, 2.45) is 21.8 Å². The number of allylic oxidation sites excluding steroid dienone is 10. The summed E-state index contributed by atoms with van der Waals surface area (Å²) >= 11 is 0. The molecule has 4 aromatic carbocycles. The summed E-state index contributed by atoms with van der Waals surface area (Å²) in [5.74, 6) is 3.60. The summed E-state index contributed by atoms with van der Waals surface area (Å²) in [6.07, 6.45) is 24.9. The Labute approximate surface area is 326 Å². The first-order chi connectivity index (χ1) is 27.7. The third kappa shape index (κ3) is 5.92. The van der Waals surface area contributed by atoms with Crippen molar-refractivity contribution in [3.8, 4) is 11.5 Å². The molecular weight excluding hydrogens is 687 g/mol. The summed E-state index contributed by atoms with van der Waals surface area (Å²) in [6, 6.07) is 33.9. The number of para-hydroxylation sites is 3. The van der Waals surface area contributed by atoms with Gasteiger partial charge in [0.1, 0.15) is 17.2 Å². The van der Waals surface area contributed by atoms with Crippen LogP contribution in [0.1, 0.15) is 63.1 Å². The molecule has 6 aromatic rings. The van der Waals surface area contributed by atoms with Gasteiger partial charge < -0.3 is 14.3 Å². The molecular formula is C50H43N5O. The maximum Gasteiger partial charge on any atom is 0.227 e. The molecule has 11 rings (SSSR count). The number of nitrogens with one attached hydrogen (secondary N) is 1. The second kappa shape index (κ2) is 13.8. The lowest BCUT2D eigenvalue weighted by Gasteiger charge is -2.32. The third-order valence-corrected chi connectivity index (χ3v) is 12.3. The van der Waals surface area contributed by atoms with Crippen molar-refractivity contribution in [3.05, 3.63) is 167 Å². The van der Waals surface area contributed by atoms with Crippen LogP contribution in [0.5, 0.6) is 0 Å². The summed E-state index contributed by atoms with van der Waals surface area (Å²) in [4.78, 5) is 15.1. The van der Waals surface area contributed by atoms with E-state index in [-0.39, 0.29) is 6.17 Å². The molecule has 2 aromatic heterocycles. The van der Waals surface area contributed by atoms with Crippen LogP contribution in [0.2, 0.25) is 0 Å². The molecule has 0 spiro atoms. The topological polar surface area (TPSA) is 67.7 Å². The highest BCUT2D eigenvalue weighted by Crippen LogP contribution is 2.44. The van der Waals surface area contributed by atoms with Crippen molar-refractivity contribution in [2.45, 2.75) is 57.5 Å². The number of oxazole rings is 1. The van der Waals surface area contributed by atoms with E-state index >= 15 is 0 Å². The molecule has 0 saturated carbocycles. The zero-order valence-corrected chi connectivity index (χ0v) is 31.4. The van der Waals surface area contributed by atoms with Gasteiger partial charge in [0.25, 0.3) is 0 Å². The molecule has 4 aliphatic carbocycles. The van der Waals surface area contributed by atoms with Crippen LogP contribution in [-0.4, -0.2) is 21.2 Å². The third-order valence-electron chi connectivity index (χ3n) is 12.3. The maximum absolute atomic E-state index is 6.16. The Balaban J connectivity index is 0.856. The van der Waals surface area contributed by atoms with Gasteiger partial charge in [0.2, 0.25) is 5.89 Å². The Morgan fingerprint density at radius 3 is 2.46 bits per heavy atom. The van der Waals surface area contributed by atoms with Gasteiger partial charge in [0.05, 0.1) is 11.0 Å². The van der Waals surface area contributed by atoms with Crippen LogP contribution in [0.3, 0.4) is 0 Å². The molecule has 5 aliphatic rings. The van der Waals surface area contributed by atoms with Crippen molar-refractivity contribution in [3.63, 3.8) is 0 Å². The maximum atomic E-state index is 6.16. The lowest BCUT2D eigenvalue weighted by molar-refractivity contribution is 0.538. The van der Waals surface area contributed by atoms with Gasteiger partial charge in [0, 0.05) is 33.5 Å². The predicted molar refractivity (Wildman–Crippen MR) is 229 cm³/mol. The number of benzene rings is 4. The fourth-order valence-corrected chi connectivity index (χ4v) is 9.39. The summed E-state index contributed by atoms with van der Waals surface area (Å²) < 4.78 is 8.65. The van der Waals surface area contributed by atoms with Crippen LogP contribution in [0.25, 0.3) is 50.1 Å². The van der Waals surface area contributed by atoms with Gasteiger partial charge in [-0.1, -0.05) is 97.1 Å². The van der Waals surface area contributed by atoms with Crippen LogP contribution in [-0.2, 0) is 0 Å². The molecule has 274 valence electrons. The van der Waals surface area contributed by atoms with Gasteiger partial charge >= 0.3 is 0 Å². The second-order valence-corrected chi connectivity index (χ2v) is 15.7. The SMILES string of the molecule is C1=CC(C2=NC(c3ccccc3)N=C(C3CC=C(C4=CC=C5C=C(n6c7ccccc7c7cc(-c8nc9ccccc9o8)ccc76)CCC5C4)CC3)N2)=CCC1. The van der Waals surface area contributed by atoms with E-state index in [1.807, 2.05) is 24.3 Å². The smallest absolute Gasteiger partial charge is 0.227 e. The summed E-state index contributed by atoms with van der Waals surface area (Å²) in [6.45, 7) is 0. The monoisotopic (exact) mass is 729 g/mol. The van der Waals surface area contributed by atoms with Gasteiger partial charge in [-0.2, -0.15) is 0 Å². The van der Waals surface area contributed by atoms with Crippen LogP contribution in [0, 0.1) is 11.8 Å². The minimum Gasteiger partial charge on any atom is -0.436 e. The number of hydrogen-bond acceptors (Lipinski definition) is 5. The minimum absolute atomic E-state index is 0.210. The Morgan fingerprint density at radius 1 is 0.732 bits per heavy atom. The van der Waals surface area contributed by atoms with Crippen LogP contribution < -0.4 is 5.32 Å². The average Bonchev–Trinajstić information content (AvgIpc) is 3.86. The van der Waals surface area contributed by atoms with Crippen molar-refractivity contribution < 1.29 is 4.42 Å². The molecule has 6 nitrogen and oxygen atoms in total. The Hall–Kier alpha value is -6.27. The standard InChI is InChI=1S/C50H43N5O/c1-3-11-33(12-4-1)47-52-48(34-13-5-2-6-14-34)54-49(53-47)35-21-19-32(20-22-35)36-23-24-38-30-40(27-25-37(38)29-36)55-44-17-9-7-15-41(44)42-31-39(26-28-45(42)55)50-51-43-16-8-10-18-46(43)56-50/h1,3-5,7-19,23-24,26,28,30-31,35,37,47H,2,6,20-22,25,27,29H2,(H,52,53,54). The molecule has 0 fully saturated rings. The Morgan fingerprint density at radius 2 is 1.59 bits per heavy atom. The van der Waals surface area contributed by atoms with Crippen LogP contribution in [0.4, 0.5) is 0 Å². The molecule has 1 aliphatic heterocycles. The highest BCUT2D eigenvalue weighted by molar-refractivity contribution is 6.13. The van der Waals surface area contributed by atoms with Gasteiger partial charge in [0.15, 0.2) is 11.7 Å². The zero-order chi connectivity index (χ0) is 37.0. The number of nitrogens with zero attached hydrogens (tertiary/aromatic N) is 4. The molecule has 0 amide bonds. The fraction of sp³-hybridized carbons (Fsp3) is 0.220. The molecule has 56 heavy (non-hydrogen) atoms. The second-order valence-electron chi connectivity index (χ2n) is 15.7. The largest absolute Gasteiger partial charge is 0.436 e. The predicted octanol–water partition coefficient (Wildman–Crippen LogP) is 12.2. The van der Waals surface area contributed by atoms with E-state index in [1.165, 1.54) is 49.8 Å². The van der Waals surface area contributed by atoms with E-state index in [4.69, 9.17) is 19.4 Å². The van der Waals surface area contributed by atoms with Crippen LogP contribution in [0.15, 0.2) is 176 Å². The highest BCUT2D eigenvalue weighted by Gasteiger charge is 2.30. The normalized spacial score (nSPS) is 22.4. The number of aliphatic imine (C=N–C) groups is 2. The number of hydrogen-bond donors (Lipinski definition) is 1. The molecule has 0 saturated heterocycles. The lowest BCUT2D eigenvalue weighted by atomic mass is 9.76. The van der Waals surface area contributed by atoms with Crippen molar-refractivity contribution in [1.29, 1.82) is 0 Å². The van der Waals surface area contributed by atoms with E-state index in [0.29, 0.717) is 17.7 Å². The highest BCUT2D eigenvalue weighted by atomic mass is 16.3. The number of fused-ring (bicyclic) bond motifs is 5. The van der Waals surface area contributed by atoms with Crippen molar-refractivity contribution in [1.82, 2.24) is 14.9 Å². The first kappa shape index (κ1) is 33.1. The van der Waals surface area contributed by atoms with Gasteiger partial charge in [-0.15, -0.1) is 0 Å². The lowest BCUT2D eigenvalue weighted by Crippen LogP contribution is -2.40. The molecule has 3 heterocycles. The molecule has 1 N–H and O–H groups in total. The number of amidine groups is 2. The van der Waals surface area contributed by atoms with Crippen molar-refractivity contribution >= 4 is 50.3 Å². The Kier molecular flexibility index (Phi) is 8.15. The van der Waals surface area contributed by atoms with E-state index in [0.717, 1.165) is 85.3 Å². The van der Waals surface area contributed by atoms with Crippen molar-refractivity contribution in [2.75, 3.05) is 0 Å². The first-order valence-corrected chi connectivity index (χ1v) is 20.3. The van der Waals surface area contributed by atoms with Crippen LogP contribution >= 0.6 is 0 Å². The van der Waals surface area contributed by atoms with E-state index in [2.05, 4.69) is 125 Å². The average molecular weight is 730 g/mol. The van der Waals surface area contributed by atoms with E-state index in [1.54, 1.807) is 0 Å². The quantitative estimate of drug-likeness (QED) is 0.186. The molecule has 3 unspecified atom stereocenters. The fourth-order valence-electron chi connectivity index (χ4n) is 9.39.